The third-order valence-electron chi connectivity index (χ3n) is 2.98. The van der Waals surface area contributed by atoms with Crippen LogP contribution in [0.5, 0.6) is 5.88 Å². The molecule has 10 nitrogen and oxygen atoms in total. The second-order valence-corrected chi connectivity index (χ2v) is 6.76. The van der Waals surface area contributed by atoms with E-state index in [2.05, 4.69) is 20.6 Å². The van der Waals surface area contributed by atoms with Crippen LogP contribution in [0.1, 0.15) is 12.6 Å². The number of benzene rings is 1. The number of hydrogen-bond acceptors (Lipinski definition) is 7. The number of methoxy groups -OCH3 is 1. The number of hydrogen-bond donors (Lipinski definition) is 3. The Bertz CT molecular complexity index is 945. The minimum Gasteiger partial charge on any atom is -0.481 e. The Hall–Kier alpha value is -3.21. The predicted octanol–water partition coefficient (Wildman–Crippen LogP) is 1.26. The van der Waals surface area contributed by atoms with Crippen LogP contribution in [-0.2, 0) is 14.8 Å². The van der Waals surface area contributed by atoms with Crippen LogP contribution in [0.2, 0.25) is 0 Å². The van der Waals surface area contributed by atoms with Crippen LogP contribution >= 0.6 is 0 Å². The Morgan fingerprint density at radius 2 is 1.81 bits per heavy atom. The molecule has 0 saturated carbocycles. The molecule has 0 unspecified atom stereocenters. The van der Waals surface area contributed by atoms with Gasteiger partial charge in [0.1, 0.15) is 4.90 Å². The molecule has 1 heterocycles. The van der Waals surface area contributed by atoms with Crippen LogP contribution in [0.15, 0.2) is 35.2 Å². The highest BCUT2D eigenvalue weighted by molar-refractivity contribution is 7.90. The first-order valence-corrected chi connectivity index (χ1v) is 8.79. The number of amides is 3. The maximum Gasteiger partial charge on any atom is 0.335 e. The average molecular weight is 379 g/mol. The van der Waals surface area contributed by atoms with E-state index in [1.807, 2.05) is 4.72 Å². The molecule has 0 radical (unpaired) electrons. The maximum absolute atomic E-state index is 12.4. The summed E-state index contributed by atoms with van der Waals surface area (Å²) < 4.78 is 31.7. The molecule has 1 aromatic heterocycles. The van der Waals surface area contributed by atoms with Gasteiger partial charge >= 0.3 is 6.03 Å². The van der Waals surface area contributed by atoms with Crippen molar-refractivity contribution < 1.29 is 22.7 Å². The number of aryl methyl sites for hydroxylation is 1. The zero-order valence-corrected chi connectivity index (χ0v) is 15.0. The second kappa shape index (κ2) is 7.78. The molecule has 3 N–H and O–H groups in total. The van der Waals surface area contributed by atoms with Crippen LogP contribution in [-0.4, -0.2) is 37.4 Å². The smallest absolute Gasteiger partial charge is 0.335 e. The summed E-state index contributed by atoms with van der Waals surface area (Å²) in [7, 11) is -2.85. The van der Waals surface area contributed by atoms with E-state index < -0.39 is 22.0 Å². The van der Waals surface area contributed by atoms with Gasteiger partial charge in [0.15, 0.2) is 0 Å². The van der Waals surface area contributed by atoms with Crippen molar-refractivity contribution in [3.63, 3.8) is 0 Å². The highest BCUT2D eigenvalue weighted by Crippen LogP contribution is 2.20. The van der Waals surface area contributed by atoms with E-state index in [0.717, 1.165) is 0 Å². The highest BCUT2D eigenvalue weighted by Gasteiger charge is 2.22. The molecule has 0 fully saturated rings. The molecule has 2 aromatic rings. The molecule has 0 spiro atoms. The van der Waals surface area contributed by atoms with Gasteiger partial charge < -0.3 is 10.1 Å². The summed E-state index contributed by atoms with van der Waals surface area (Å²) in [6, 6.07) is 6.16. The first-order valence-electron chi connectivity index (χ1n) is 7.31. The molecule has 26 heavy (non-hydrogen) atoms. The molecule has 1 aromatic carbocycles. The fraction of sp³-hybridized carbons (Fsp3) is 0.200. The van der Waals surface area contributed by atoms with Crippen molar-refractivity contribution in [2.24, 2.45) is 0 Å². The SMILES string of the molecule is COc1cc(C)nc(NC(=O)NS(=O)(=O)c2ccccc2NC(C)=O)n1. The van der Waals surface area contributed by atoms with E-state index in [0.29, 0.717) is 5.69 Å². The van der Waals surface area contributed by atoms with Gasteiger partial charge in [0.05, 0.1) is 12.8 Å². The van der Waals surface area contributed by atoms with Gasteiger partial charge in [-0.15, -0.1) is 0 Å². The van der Waals surface area contributed by atoms with Gasteiger partial charge in [-0.3, -0.25) is 10.1 Å². The monoisotopic (exact) mass is 379 g/mol. The Morgan fingerprint density at radius 1 is 1.12 bits per heavy atom. The average Bonchev–Trinajstić information content (AvgIpc) is 2.53. The molecule has 0 bridgehead atoms. The number of sulfonamides is 1. The van der Waals surface area contributed by atoms with E-state index >= 15 is 0 Å². The fourth-order valence-corrected chi connectivity index (χ4v) is 3.07. The number of nitrogens with zero attached hydrogens (tertiary/aromatic N) is 2. The summed E-state index contributed by atoms with van der Waals surface area (Å²) in [4.78, 5) is 30.9. The first kappa shape index (κ1) is 19.1. The van der Waals surface area contributed by atoms with Crippen LogP contribution in [0.4, 0.5) is 16.4 Å². The number of carbonyl (C=O) groups is 2. The number of rotatable bonds is 5. The Morgan fingerprint density at radius 3 is 2.46 bits per heavy atom. The van der Waals surface area contributed by atoms with E-state index in [1.54, 1.807) is 19.1 Å². The van der Waals surface area contributed by atoms with Gasteiger partial charge in [0.2, 0.25) is 17.7 Å². The summed E-state index contributed by atoms with van der Waals surface area (Å²) in [6.07, 6.45) is 0. The quantitative estimate of drug-likeness (QED) is 0.710. The third kappa shape index (κ3) is 4.89. The molecule has 0 aliphatic carbocycles. The van der Waals surface area contributed by atoms with E-state index in [1.165, 1.54) is 32.2 Å². The largest absolute Gasteiger partial charge is 0.481 e. The Kier molecular flexibility index (Phi) is 5.72. The lowest BCUT2D eigenvalue weighted by molar-refractivity contribution is -0.114. The molecule has 0 aliphatic rings. The van der Waals surface area contributed by atoms with Crippen molar-refractivity contribution in [3.05, 3.63) is 36.0 Å². The minimum absolute atomic E-state index is 0.0498. The summed E-state index contributed by atoms with van der Waals surface area (Å²) in [5, 5.41) is 4.62. The number of nitrogens with one attached hydrogen (secondary N) is 3. The summed E-state index contributed by atoms with van der Waals surface area (Å²) in [5.41, 5.74) is 0.569. The van der Waals surface area contributed by atoms with Gasteiger partial charge in [-0.05, 0) is 19.1 Å². The lowest BCUT2D eigenvalue weighted by atomic mass is 10.3. The lowest BCUT2D eigenvalue weighted by Crippen LogP contribution is -2.35. The fourth-order valence-electron chi connectivity index (χ4n) is 2.00. The zero-order chi connectivity index (χ0) is 19.3. The number of urea groups is 1. The summed E-state index contributed by atoms with van der Waals surface area (Å²) in [6.45, 7) is 2.90. The molecule has 0 saturated heterocycles. The van der Waals surface area contributed by atoms with Crippen LogP contribution < -0.4 is 20.1 Å². The normalized spacial score (nSPS) is 10.7. The molecular formula is C15H17N5O5S. The van der Waals surface area contributed by atoms with E-state index in [9.17, 15) is 18.0 Å². The van der Waals surface area contributed by atoms with E-state index in [-0.39, 0.29) is 22.4 Å². The molecule has 11 heteroatoms. The highest BCUT2D eigenvalue weighted by atomic mass is 32.2. The molecule has 3 amide bonds. The second-order valence-electron chi connectivity index (χ2n) is 5.11. The topological polar surface area (TPSA) is 139 Å². The number of aromatic nitrogens is 2. The lowest BCUT2D eigenvalue weighted by Gasteiger charge is -2.12. The molecule has 138 valence electrons. The van der Waals surface area contributed by atoms with Crippen LogP contribution in [0.25, 0.3) is 0 Å². The zero-order valence-electron chi connectivity index (χ0n) is 14.2. The summed E-state index contributed by atoms with van der Waals surface area (Å²) in [5.74, 6) is -0.353. The van der Waals surface area contributed by atoms with Crippen LogP contribution in [0, 0.1) is 6.92 Å². The Labute approximate surface area is 150 Å². The van der Waals surface area contributed by atoms with Crippen molar-refractivity contribution in [2.45, 2.75) is 18.7 Å². The molecule has 0 atom stereocenters. The van der Waals surface area contributed by atoms with Crippen molar-refractivity contribution >= 4 is 33.6 Å². The van der Waals surface area contributed by atoms with Gasteiger partial charge in [0, 0.05) is 18.7 Å². The van der Waals surface area contributed by atoms with Crippen molar-refractivity contribution in [1.82, 2.24) is 14.7 Å². The molecular weight excluding hydrogens is 362 g/mol. The predicted molar refractivity (Wildman–Crippen MR) is 93.4 cm³/mol. The van der Waals surface area contributed by atoms with Crippen molar-refractivity contribution in [2.75, 3.05) is 17.7 Å². The first-order chi connectivity index (χ1) is 12.2. The van der Waals surface area contributed by atoms with Gasteiger partial charge in [0.25, 0.3) is 10.0 Å². The maximum atomic E-state index is 12.4. The number of ether oxygens (including phenoxy) is 1. The third-order valence-corrected chi connectivity index (χ3v) is 4.37. The minimum atomic E-state index is -4.25. The van der Waals surface area contributed by atoms with Crippen LogP contribution in [0.3, 0.4) is 0 Å². The van der Waals surface area contributed by atoms with Crippen molar-refractivity contribution in [1.29, 1.82) is 0 Å². The number of anilines is 2. The van der Waals surface area contributed by atoms with Gasteiger partial charge in [-0.2, -0.15) is 4.98 Å². The standard InChI is InChI=1S/C15H17N5O5S/c1-9-8-13(25-3)18-14(16-9)19-15(22)20-26(23,24)12-7-5-4-6-11(12)17-10(2)21/h4-8H,1-3H3,(H,17,21)(H2,16,18,19,20,22). The summed E-state index contributed by atoms with van der Waals surface area (Å²) >= 11 is 0. The molecule has 0 aliphatic heterocycles. The van der Waals surface area contributed by atoms with E-state index in [4.69, 9.17) is 4.74 Å². The molecule has 2 rings (SSSR count). The Balaban J connectivity index is 2.21. The van der Waals surface area contributed by atoms with Gasteiger partial charge in [-0.25, -0.2) is 22.9 Å². The number of carbonyl (C=O) groups excluding carboxylic acids is 2. The van der Waals surface area contributed by atoms with Crippen molar-refractivity contribution in [3.8, 4) is 5.88 Å². The van der Waals surface area contributed by atoms with Gasteiger partial charge in [-0.1, -0.05) is 12.1 Å². The number of para-hydroxylation sites is 1.